The first-order valence-electron chi connectivity index (χ1n) is 17.7. The van der Waals surface area contributed by atoms with Crippen molar-refractivity contribution in [2.75, 3.05) is 0 Å². The lowest BCUT2D eigenvalue weighted by Gasteiger charge is -2.17. The maximum Gasteiger partial charge on any atom is 0.164 e. The highest BCUT2D eigenvalue weighted by atomic mass is 15.0. The highest BCUT2D eigenvalue weighted by Gasteiger charge is 2.17. The van der Waals surface area contributed by atoms with Gasteiger partial charge in [-0.25, -0.2) is 15.0 Å². The smallest absolute Gasteiger partial charge is 0.164 e. The Morgan fingerprint density at radius 3 is 1.17 bits per heavy atom. The Hall–Kier alpha value is -6.97. The average Bonchev–Trinajstić information content (AvgIpc) is 3.22. The van der Waals surface area contributed by atoms with Crippen molar-refractivity contribution in [2.45, 2.75) is 0 Å². The van der Waals surface area contributed by atoms with E-state index < -0.39 is 0 Å². The number of fused-ring (bicyclic) bond motifs is 2. The molecule has 52 heavy (non-hydrogen) atoms. The molecule has 0 saturated heterocycles. The van der Waals surface area contributed by atoms with Crippen LogP contribution in [-0.2, 0) is 0 Å². The average molecular weight is 660 g/mol. The quantitative estimate of drug-likeness (QED) is 0.177. The molecule has 1 heterocycles. The fourth-order valence-electron chi connectivity index (χ4n) is 8.23. The van der Waals surface area contributed by atoms with E-state index in [1.54, 1.807) is 0 Å². The van der Waals surface area contributed by atoms with E-state index in [4.69, 9.17) is 15.0 Å². The molecule has 0 unspecified atom stereocenters. The molecule has 0 radical (unpaired) electrons. The zero-order chi connectivity index (χ0) is 34.2. The van der Waals surface area contributed by atoms with Crippen molar-refractivity contribution in [2.24, 2.45) is 0 Å². The number of aromatic nitrogens is 3. The van der Waals surface area contributed by atoms with Gasteiger partial charge in [0, 0.05) is 16.7 Å². The molecule has 10 aromatic carbocycles. The van der Waals surface area contributed by atoms with Gasteiger partial charge in [0.05, 0.1) is 0 Å². The molecule has 11 aromatic rings. The third-order valence-corrected chi connectivity index (χ3v) is 10.6. The lowest BCUT2D eigenvalue weighted by molar-refractivity contribution is 1.07. The summed E-state index contributed by atoms with van der Waals surface area (Å²) in [5.41, 5.74) is 5.12. The molecule has 11 rings (SSSR count). The zero-order valence-electron chi connectivity index (χ0n) is 28.1. The molecule has 3 heteroatoms. The number of benzene rings is 9. The SMILES string of the molecule is c1ccc(-c2nc(-c3ccccc3)nc(-c3cccc(-c4cc5ccc6cccc7c8cccc9ccc%10cccc(c(c4)c5c67)c%10c98)c3)n2)cc1. The highest BCUT2D eigenvalue weighted by molar-refractivity contribution is 6.37. The minimum Gasteiger partial charge on any atom is -0.208 e. The van der Waals surface area contributed by atoms with Gasteiger partial charge in [0.2, 0.25) is 0 Å². The Balaban J connectivity index is 1.19. The molecule has 0 atom stereocenters. The van der Waals surface area contributed by atoms with Crippen LogP contribution in [0, 0.1) is 0 Å². The fraction of sp³-hybridized carbons (Fsp3) is 0. The zero-order valence-corrected chi connectivity index (χ0v) is 28.1. The molecule has 0 bridgehead atoms. The van der Waals surface area contributed by atoms with Gasteiger partial charge in [0.1, 0.15) is 0 Å². The van der Waals surface area contributed by atoms with E-state index in [1.165, 1.54) is 64.6 Å². The summed E-state index contributed by atoms with van der Waals surface area (Å²) in [6.07, 6.45) is 0. The summed E-state index contributed by atoms with van der Waals surface area (Å²) < 4.78 is 0. The Morgan fingerprint density at radius 1 is 0.231 bits per heavy atom. The van der Waals surface area contributed by atoms with Gasteiger partial charge in [-0.15, -0.1) is 0 Å². The van der Waals surface area contributed by atoms with Crippen LogP contribution < -0.4 is 0 Å². The summed E-state index contributed by atoms with van der Waals surface area (Å²) in [4.78, 5) is 15.0. The second-order valence-corrected chi connectivity index (χ2v) is 13.6. The first-order valence-corrected chi connectivity index (χ1v) is 17.7. The molecule has 0 aliphatic carbocycles. The Kier molecular flexibility index (Phi) is 6.25. The standard InChI is InChI=1S/C49H29N3/c1-3-11-33(12-4-1)47-50-48(34-13-5-2-6-14-34)52-49(51-47)37-19-7-18-35(27-37)38-28-36-26-25-32-16-9-21-40-39-20-8-15-30-23-24-31-17-10-22-41(45(31)43(30)39)42(29-38)46(36)44(32)40/h1-29H. The maximum atomic E-state index is 5.03. The van der Waals surface area contributed by atoms with E-state index in [2.05, 4.69) is 115 Å². The van der Waals surface area contributed by atoms with Crippen LogP contribution >= 0.6 is 0 Å². The van der Waals surface area contributed by atoms with Gasteiger partial charge in [0.25, 0.3) is 0 Å². The second kappa shape index (κ2) is 11.3. The number of hydrogen-bond donors (Lipinski definition) is 0. The third kappa shape index (κ3) is 4.43. The number of hydrogen-bond acceptors (Lipinski definition) is 3. The molecule has 0 aliphatic heterocycles. The fourth-order valence-corrected chi connectivity index (χ4v) is 8.23. The Morgan fingerprint density at radius 2 is 0.635 bits per heavy atom. The molecular weight excluding hydrogens is 631 g/mol. The van der Waals surface area contributed by atoms with E-state index in [-0.39, 0.29) is 0 Å². The number of nitrogens with zero attached hydrogens (tertiary/aromatic N) is 3. The molecule has 0 amide bonds. The molecule has 3 nitrogen and oxygen atoms in total. The van der Waals surface area contributed by atoms with Crippen LogP contribution in [0.2, 0.25) is 0 Å². The van der Waals surface area contributed by atoms with Crippen molar-refractivity contribution in [1.29, 1.82) is 0 Å². The summed E-state index contributed by atoms with van der Waals surface area (Å²) in [6.45, 7) is 0. The lowest BCUT2D eigenvalue weighted by atomic mass is 9.86. The van der Waals surface area contributed by atoms with Crippen LogP contribution in [0.5, 0.6) is 0 Å². The van der Waals surface area contributed by atoms with Gasteiger partial charge in [0.15, 0.2) is 17.5 Å². The molecule has 1 aromatic heterocycles. The molecule has 0 saturated carbocycles. The summed E-state index contributed by atoms with van der Waals surface area (Å²) in [7, 11) is 0. The Labute approximate surface area is 299 Å². The van der Waals surface area contributed by atoms with Crippen molar-refractivity contribution in [3.05, 3.63) is 176 Å². The topological polar surface area (TPSA) is 38.7 Å². The summed E-state index contributed by atoms with van der Waals surface area (Å²) >= 11 is 0. The van der Waals surface area contributed by atoms with Crippen LogP contribution in [0.1, 0.15) is 0 Å². The Bertz CT molecular complexity index is 3100. The summed E-state index contributed by atoms with van der Waals surface area (Å²) in [6, 6.07) is 63.0. The van der Waals surface area contributed by atoms with E-state index >= 15 is 0 Å². The molecular formula is C49H29N3. The molecule has 0 aliphatic rings. The molecule has 0 spiro atoms. The van der Waals surface area contributed by atoms with Gasteiger partial charge >= 0.3 is 0 Å². The maximum absolute atomic E-state index is 5.03. The van der Waals surface area contributed by atoms with Gasteiger partial charge in [-0.2, -0.15) is 0 Å². The van der Waals surface area contributed by atoms with E-state index in [0.29, 0.717) is 17.5 Å². The van der Waals surface area contributed by atoms with Crippen molar-refractivity contribution in [3.8, 4) is 45.3 Å². The monoisotopic (exact) mass is 659 g/mol. The largest absolute Gasteiger partial charge is 0.208 e. The van der Waals surface area contributed by atoms with E-state index in [9.17, 15) is 0 Å². The first kappa shape index (κ1) is 28.8. The van der Waals surface area contributed by atoms with Gasteiger partial charge in [-0.05, 0) is 94.0 Å². The van der Waals surface area contributed by atoms with Crippen LogP contribution in [-0.4, -0.2) is 15.0 Å². The first-order chi connectivity index (χ1) is 25.8. The minimum absolute atomic E-state index is 0.647. The predicted octanol–water partition coefficient (Wildman–Crippen LogP) is 12.9. The van der Waals surface area contributed by atoms with Crippen LogP contribution in [0.4, 0.5) is 0 Å². The molecule has 0 N–H and O–H groups in total. The van der Waals surface area contributed by atoms with Gasteiger partial charge in [-0.1, -0.05) is 158 Å². The van der Waals surface area contributed by atoms with Crippen molar-refractivity contribution >= 4 is 64.6 Å². The predicted molar refractivity (Wildman–Crippen MR) is 218 cm³/mol. The van der Waals surface area contributed by atoms with Crippen LogP contribution in [0.3, 0.4) is 0 Å². The minimum atomic E-state index is 0.647. The van der Waals surface area contributed by atoms with E-state index in [1.807, 2.05) is 60.7 Å². The normalized spacial score (nSPS) is 11.8. The van der Waals surface area contributed by atoms with Crippen molar-refractivity contribution in [3.63, 3.8) is 0 Å². The van der Waals surface area contributed by atoms with Crippen LogP contribution in [0.15, 0.2) is 176 Å². The van der Waals surface area contributed by atoms with Gasteiger partial charge in [-0.3, -0.25) is 0 Å². The second-order valence-electron chi connectivity index (χ2n) is 13.6. The third-order valence-electron chi connectivity index (χ3n) is 10.6. The number of rotatable bonds is 4. The summed E-state index contributed by atoms with van der Waals surface area (Å²) in [5.74, 6) is 1.96. The van der Waals surface area contributed by atoms with E-state index in [0.717, 1.165) is 27.8 Å². The summed E-state index contributed by atoms with van der Waals surface area (Å²) in [5, 5.41) is 15.3. The highest BCUT2D eigenvalue weighted by Crippen LogP contribution is 2.44. The molecule has 240 valence electrons. The van der Waals surface area contributed by atoms with Gasteiger partial charge < -0.3 is 0 Å². The van der Waals surface area contributed by atoms with Crippen molar-refractivity contribution in [1.82, 2.24) is 15.0 Å². The van der Waals surface area contributed by atoms with Crippen LogP contribution in [0.25, 0.3) is 110 Å². The lowest BCUT2D eigenvalue weighted by Crippen LogP contribution is -2.00. The molecule has 0 fully saturated rings. The van der Waals surface area contributed by atoms with Crippen molar-refractivity contribution < 1.29 is 0 Å².